The van der Waals surface area contributed by atoms with Gasteiger partial charge >= 0.3 is 6.09 Å². The summed E-state index contributed by atoms with van der Waals surface area (Å²) in [6, 6.07) is 1.90. The third kappa shape index (κ3) is 3.61. The summed E-state index contributed by atoms with van der Waals surface area (Å²) < 4.78 is 0. The molecule has 0 aliphatic heterocycles. The van der Waals surface area contributed by atoms with Gasteiger partial charge < -0.3 is 10.4 Å². The average molecular weight is 211 g/mol. The van der Waals surface area contributed by atoms with Gasteiger partial charge in [-0.15, -0.1) is 0 Å². The monoisotopic (exact) mass is 211 g/mol. The second kappa shape index (κ2) is 4.33. The van der Waals surface area contributed by atoms with E-state index in [1.165, 1.54) is 0 Å². The van der Waals surface area contributed by atoms with Crippen molar-refractivity contribution in [2.45, 2.75) is 38.6 Å². The Morgan fingerprint density at radius 3 is 2.87 bits per heavy atom. The van der Waals surface area contributed by atoms with Crippen LogP contribution in [0.4, 0.5) is 4.79 Å². The van der Waals surface area contributed by atoms with E-state index in [1.54, 1.807) is 6.20 Å². The fraction of sp³-hybridized carbons (Fsp3) is 0.600. The van der Waals surface area contributed by atoms with Gasteiger partial charge in [0.05, 0.1) is 0 Å². The molecule has 1 amide bonds. The van der Waals surface area contributed by atoms with Gasteiger partial charge in [0, 0.05) is 17.4 Å². The lowest BCUT2D eigenvalue weighted by molar-refractivity contribution is 0.179. The molecule has 0 unspecified atom stereocenters. The summed E-state index contributed by atoms with van der Waals surface area (Å²) in [6.45, 7) is 5.78. The second-order valence-corrected chi connectivity index (χ2v) is 4.43. The number of aromatic nitrogens is 2. The van der Waals surface area contributed by atoms with Crippen molar-refractivity contribution in [2.24, 2.45) is 0 Å². The van der Waals surface area contributed by atoms with E-state index in [-0.39, 0.29) is 5.92 Å². The van der Waals surface area contributed by atoms with Gasteiger partial charge in [0.15, 0.2) is 0 Å². The molecule has 0 radical (unpaired) electrons. The summed E-state index contributed by atoms with van der Waals surface area (Å²) >= 11 is 0. The molecule has 0 aliphatic carbocycles. The Labute approximate surface area is 88.9 Å². The van der Waals surface area contributed by atoms with Crippen molar-refractivity contribution in [3.05, 3.63) is 18.0 Å². The van der Waals surface area contributed by atoms with Crippen molar-refractivity contribution in [1.29, 1.82) is 0 Å². The summed E-state index contributed by atoms with van der Waals surface area (Å²) in [5, 5.41) is 17.9. The maximum Gasteiger partial charge on any atom is 0.405 e. The average Bonchev–Trinajstić information content (AvgIpc) is 2.50. The second-order valence-electron chi connectivity index (χ2n) is 4.43. The molecule has 0 saturated heterocycles. The van der Waals surface area contributed by atoms with Gasteiger partial charge in [0.2, 0.25) is 0 Å². The van der Waals surface area contributed by atoms with Gasteiger partial charge in [-0.05, 0) is 32.3 Å². The van der Waals surface area contributed by atoms with Crippen LogP contribution in [-0.4, -0.2) is 26.9 Å². The number of H-pyrrole nitrogens is 1. The van der Waals surface area contributed by atoms with Gasteiger partial charge in [-0.2, -0.15) is 5.10 Å². The predicted octanol–water partition coefficient (Wildman–Crippen LogP) is 1.95. The zero-order valence-electron chi connectivity index (χ0n) is 9.24. The highest BCUT2D eigenvalue weighted by molar-refractivity contribution is 5.65. The molecule has 0 fully saturated rings. The standard InChI is InChI=1S/C10H17N3O2/c1-7(8-4-5-11-13-8)6-10(2,3)12-9(14)15/h4-5,7,12H,6H2,1-3H3,(H,11,13)(H,14,15)/t7-/m1/s1. The van der Waals surface area contributed by atoms with Crippen molar-refractivity contribution >= 4 is 6.09 Å². The first-order chi connectivity index (χ1) is 6.91. The van der Waals surface area contributed by atoms with E-state index in [2.05, 4.69) is 15.5 Å². The van der Waals surface area contributed by atoms with Crippen LogP contribution in [0.2, 0.25) is 0 Å². The number of nitrogens with zero attached hydrogens (tertiary/aromatic N) is 1. The summed E-state index contributed by atoms with van der Waals surface area (Å²) in [5.74, 6) is 0.245. The lowest BCUT2D eigenvalue weighted by atomic mass is 9.90. The molecule has 5 nitrogen and oxygen atoms in total. The summed E-state index contributed by atoms with van der Waals surface area (Å²) in [5.41, 5.74) is 0.589. The molecule has 0 aromatic carbocycles. The summed E-state index contributed by atoms with van der Waals surface area (Å²) in [4.78, 5) is 10.6. The Morgan fingerprint density at radius 1 is 1.73 bits per heavy atom. The van der Waals surface area contributed by atoms with E-state index in [9.17, 15) is 4.79 Å². The van der Waals surface area contributed by atoms with Gasteiger partial charge in [0.25, 0.3) is 0 Å². The van der Waals surface area contributed by atoms with Crippen LogP contribution in [-0.2, 0) is 0 Å². The number of carboxylic acid groups (broad SMARTS) is 1. The maximum atomic E-state index is 10.6. The summed E-state index contributed by atoms with van der Waals surface area (Å²) in [6.07, 6.45) is 1.43. The molecule has 0 spiro atoms. The maximum absolute atomic E-state index is 10.6. The number of nitrogens with one attached hydrogen (secondary N) is 2. The van der Waals surface area contributed by atoms with E-state index in [4.69, 9.17) is 5.11 Å². The number of carbonyl (C=O) groups is 1. The van der Waals surface area contributed by atoms with Crippen molar-refractivity contribution in [3.8, 4) is 0 Å². The van der Waals surface area contributed by atoms with Crippen molar-refractivity contribution in [2.75, 3.05) is 0 Å². The third-order valence-corrected chi connectivity index (χ3v) is 2.32. The van der Waals surface area contributed by atoms with Crippen LogP contribution in [0.1, 0.15) is 38.8 Å². The molecule has 15 heavy (non-hydrogen) atoms. The Hall–Kier alpha value is -1.52. The number of hydrogen-bond donors (Lipinski definition) is 3. The fourth-order valence-corrected chi connectivity index (χ4v) is 1.76. The van der Waals surface area contributed by atoms with Gasteiger partial charge in [-0.25, -0.2) is 4.79 Å². The topological polar surface area (TPSA) is 78.0 Å². The molecule has 0 aliphatic rings. The van der Waals surface area contributed by atoms with Crippen LogP contribution in [0.15, 0.2) is 12.3 Å². The first kappa shape index (κ1) is 11.6. The Bertz CT molecular complexity index is 319. The van der Waals surface area contributed by atoms with Crippen molar-refractivity contribution in [3.63, 3.8) is 0 Å². The molecule has 1 rings (SSSR count). The van der Waals surface area contributed by atoms with Crippen LogP contribution in [0.5, 0.6) is 0 Å². The predicted molar refractivity (Wildman–Crippen MR) is 56.9 cm³/mol. The van der Waals surface area contributed by atoms with Gasteiger partial charge in [-0.3, -0.25) is 5.10 Å². The minimum Gasteiger partial charge on any atom is -0.465 e. The molecule has 0 saturated carbocycles. The fourth-order valence-electron chi connectivity index (χ4n) is 1.76. The molecule has 3 N–H and O–H groups in total. The first-order valence-electron chi connectivity index (χ1n) is 4.91. The minimum atomic E-state index is -0.989. The zero-order chi connectivity index (χ0) is 11.5. The van der Waals surface area contributed by atoms with Crippen LogP contribution in [0.3, 0.4) is 0 Å². The van der Waals surface area contributed by atoms with Crippen LogP contribution in [0, 0.1) is 0 Å². The molecular formula is C10H17N3O2. The van der Waals surface area contributed by atoms with Crippen LogP contribution >= 0.6 is 0 Å². The number of amides is 1. The lowest BCUT2D eigenvalue weighted by Crippen LogP contribution is -2.43. The first-order valence-corrected chi connectivity index (χ1v) is 4.91. The highest BCUT2D eigenvalue weighted by Gasteiger charge is 2.24. The highest BCUT2D eigenvalue weighted by Crippen LogP contribution is 2.23. The van der Waals surface area contributed by atoms with Crippen molar-refractivity contribution < 1.29 is 9.90 Å². The van der Waals surface area contributed by atoms with E-state index < -0.39 is 11.6 Å². The number of hydrogen-bond acceptors (Lipinski definition) is 2. The van der Waals surface area contributed by atoms with Gasteiger partial charge in [-0.1, -0.05) is 6.92 Å². The molecule has 1 aromatic heterocycles. The van der Waals surface area contributed by atoms with Gasteiger partial charge in [0.1, 0.15) is 0 Å². The minimum absolute atomic E-state index is 0.245. The van der Waals surface area contributed by atoms with E-state index >= 15 is 0 Å². The van der Waals surface area contributed by atoms with Crippen LogP contribution < -0.4 is 5.32 Å². The lowest BCUT2D eigenvalue weighted by Gasteiger charge is -2.27. The highest BCUT2D eigenvalue weighted by atomic mass is 16.4. The molecule has 5 heteroatoms. The van der Waals surface area contributed by atoms with Crippen molar-refractivity contribution in [1.82, 2.24) is 15.5 Å². The molecule has 84 valence electrons. The SMILES string of the molecule is C[C@H](CC(C)(C)NC(=O)O)c1ccn[nH]1. The quantitative estimate of drug-likeness (QED) is 0.712. The zero-order valence-corrected chi connectivity index (χ0v) is 9.24. The van der Waals surface area contributed by atoms with Crippen LogP contribution in [0.25, 0.3) is 0 Å². The molecular weight excluding hydrogens is 194 g/mol. The van der Waals surface area contributed by atoms with E-state index in [1.807, 2.05) is 26.8 Å². The molecule has 1 heterocycles. The molecule has 1 aromatic rings. The Balaban J connectivity index is 2.57. The molecule has 0 bridgehead atoms. The van der Waals surface area contributed by atoms with E-state index in [0.717, 1.165) is 12.1 Å². The molecule has 1 atom stereocenters. The number of aromatic amines is 1. The smallest absolute Gasteiger partial charge is 0.405 e. The number of rotatable bonds is 4. The Kier molecular flexibility index (Phi) is 3.34. The summed E-state index contributed by atoms with van der Waals surface area (Å²) in [7, 11) is 0. The Morgan fingerprint density at radius 2 is 2.40 bits per heavy atom. The van der Waals surface area contributed by atoms with E-state index in [0.29, 0.717) is 0 Å². The normalized spacial score (nSPS) is 13.5. The third-order valence-electron chi connectivity index (χ3n) is 2.32. The largest absolute Gasteiger partial charge is 0.465 e.